The fraction of sp³-hybridized carbons (Fsp3) is 0.647. The van der Waals surface area contributed by atoms with Crippen molar-refractivity contribution in [3.8, 4) is 0 Å². The summed E-state index contributed by atoms with van der Waals surface area (Å²) in [5.41, 5.74) is 9.61. The molecule has 0 radical (unpaired) electrons. The van der Waals surface area contributed by atoms with Gasteiger partial charge in [-0.25, -0.2) is 0 Å². The highest BCUT2D eigenvalue weighted by Crippen LogP contribution is 2.32. The topological polar surface area (TPSA) is 47.4 Å². The lowest BCUT2D eigenvalue weighted by Crippen LogP contribution is -2.44. The van der Waals surface area contributed by atoms with Gasteiger partial charge in [-0.3, -0.25) is 4.68 Å². The third kappa shape index (κ3) is 9.06. The van der Waals surface area contributed by atoms with Crippen LogP contribution in [0.1, 0.15) is 120 Å². The van der Waals surface area contributed by atoms with Gasteiger partial charge in [-0.1, -0.05) is 57.9 Å². The lowest BCUT2D eigenvalue weighted by atomic mass is 9.86. The molecule has 2 heterocycles. The standard InChI is InChI=1S/C16H25N3O.C16H26.C2H4O/c1-5-19-15-8-6-7-14(15)16(17-19)13(4)18-9-11(2)20-12(3)10-18;1-5-7-11-15(9-6-2)16-12-8-10-13(3)14(16)4;1-2-3/h11-12H,4-10H2,1-3H3;8,10,12,15H,5-7,9,11H2,1-4H3;2H,1H3. The maximum Gasteiger partial charge on any atom is 0.116 e. The number of nitrogens with zero attached hydrogens (tertiary/aromatic N) is 3. The maximum atomic E-state index is 8.81. The van der Waals surface area contributed by atoms with Crippen LogP contribution in [0.15, 0.2) is 24.8 Å². The van der Waals surface area contributed by atoms with Crippen molar-refractivity contribution in [3.05, 3.63) is 58.4 Å². The number of aromatic nitrogens is 2. The lowest BCUT2D eigenvalue weighted by Gasteiger charge is -2.37. The number of hydrogen-bond acceptors (Lipinski definition) is 4. The number of morpholine rings is 1. The van der Waals surface area contributed by atoms with E-state index in [-0.39, 0.29) is 12.2 Å². The number of hydrogen-bond donors (Lipinski definition) is 0. The number of carbonyl (C=O) groups is 1. The van der Waals surface area contributed by atoms with Gasteiger partial charge in [0.2, 0.25) is 0 Å². The van der Waals surface area contributed by atoms with E-state index in [1.54, 1.807) is 5.56 Å². The van der Waals surface area contributed by atoms with Gasteiger partial charge in [-0.15, -0.1) is 0 Å². The van der Waals surface area contributed by atoms with Crippen LogP contribution in [-0.2, 0) is 28.9 Å². The molecule has 5 nitrogen and oxygen atoms in total. The van der Waals surface area contributed by atoms with Gasteiger partial charge in [0.15, 0.2) is 0 Å². The molecule has 2 aromatic rings. The minimum Gasteiger partial charge on any atom is -0.372 e. The van der Waals surface area contributed by atoms with Crippen molar-refractivity contribution in [2.45, 2.75) is 131 Å². The number of aldehydes is 1. The van der Waals surface area contributed by atoms with Crippen LogP contribution in [0.4, 0.5) is 0 Å². The first kappa shape index (κ1) is 32.8. The van der Waals surface area contributed by atoms with E-state index in [1.807, 2.05) is 0 Å². The Morgan fingerprint density at radius 1 is 1.10 bits per heavy atom. The summed E-state index contributed by atoms with van der Waals surface area (Å²) < 4.78 is 7.98. The average molecular weight is 538 g/mol. The molecule has 0 saturated carbocycles. The number of benzene rings is 1. The predicted molar refractivity (Wildman–Crippen MR) is 165 cm³/mol. The molecule has 39 heavy (non-hydrogen) atoms. The van der Waals surface area contributed by atoms with Crippen LogP contribution in [-0.4, -0.2) is 46.3 Å². The summed E-state index contributed by atoms with van der Waals surface area (Å²) in [5, 5.41) is 4.81. The number of aryl methyl sites for hydroxylation is 2. The Labute approximate surface area is 239 Å². The second-order valence-electron chi connectivity index (χ2n) is 11.2. The highest BCUT2D eigenvalue weighted by atomic mass is 16.5. The summed E-state index contributed by atoms with van der Waals surface area (Å²) >= 11 is 0. The quantitative estimate of drug-likeness (QED) is 0.304. The van der Waals surface area contributed by atoms with Gasteiger partial charge in [0, 0.05) is 30.9 Å². The van der Waals surface area contributed by atoms with Crippen molar-refractivity contribution in [3.63, 3.8) is 0 Å². The van der Waals surface area contributed by atoms with Gasteiger partial charge < -0.3 is 14.4 Å². The van der Waals surface area contributed by atoms with Crippen LogP contribution >= 0.6 is 0 Å². The van der Waals surface area contributed by atoms with E-state index < -0.39 is 0 Å². The third-order valence-corrected chi connectivity index (χ3v) is 8.01. The Hall–Kier alpha value is -2.40. The van der Waals surface area contributed by atoms with Crippen molar-refractivity contribution in [2.75, 3.05) is 13.1 Å². The fourth-order valence-corrected chi connectivity index (χ4v) is 6.02. The van der Waals surface area contributed by atoms with Gasteiger partial charge in [0.05, 0.1) is 17.9 Å². The smallest absolute Gasteiger partial charge is 0.116 e. The molecule has 2 aliphatic rings. The van der Waals surface area contributed by atoms with Crippen LogP contribution in [0.2, 0.25) is 0 Å². The minimum atomic E-state index is 0.261. The molecule has 3 atom stereocenters. The highest BCUT2D eigenvalue weighted by Gasteiger charge is 2.29. The van der Waals surface area contributed by atoms with Crippen LogP contribution in [0.3, 0.4) is 0 Å². The predicted octanol–water partition coefficient (Wildman–Crippen LogP) is 8.05. The Balaban J connectivity index is 0.000000255. The van der Waals surface area contributed by atoms with Crippen LogP contribution in [0, 0.1) is 13.8 Å². The maximum absolute atomic E-state index is 8.81. The zero-order valence-corrected chi connectivity index (χ0v) is 26.2. The van der Waals surface area contributed by atoms with E-state index >= 15 is 0 Å². The van der Waals surface area contributed by atoms with E-state index in [2.05, 4.69) is 82.8 Å². The zero-order valence-electron chi connectivity index (χ0n) is 26.2. The number of unbranched alkanes of at least 4 members (excludes halogenated alkanes) is 1. The van der Waals surface area contributed by atoms with Crippen molar-refractivity contribution < 1.29 is 9.53 Å². The fourth-order valence-electron chi connectivity index (χ4n) is 6.02. The van der Waals surface area contributed by atoms with E-state index in [0.717, 1.165) is 49.7 Å². The Bertz CT molecular complexity index is 1030. The minimum absolute atomic E-state index is 0.261. The Kier molecular flexibility index (Phi) is 14.0. The summed E-state index contributed by atoms with van der Waals surface area (Å²) in [4.78, 5) is 11.2. The van der Waals surface area contributed by atoms with E-state index in [1.165, 1.54) is 74.3 Å². The van der Waals surface area contributed by atoms with Gasteiger partial charge >= 0.3 is 0 Å². The molecule has 1 aliphatic heterocycles. The highest BCUT2D eigenvalue weighted by molar-refractivity contribution is 5.63. The second-order valence-corrected chi connectivity index (χ2v) is 11.2. The molecule has 1 fully saturated rings. The average Bonchev–Trinajstić information content (AvgIpc) is 3.51. The summed E-state index contributed by atoms with van der Waals surface area (Å²) in [6, 6.07) is 6.77. The number of ether oxygens (including phenoxy) is 1. The summed E-state index contributed by atoms with van der Waals surface area (Å²) in [6.45, 7) is 24.1. The molecule has 0 spiro atoms. The number of carbonyl (C=O) groups excluding carboxylic acids is 1. The molecule has 1 saturated heterocycles. The second kappa shape index (κ2) is 16.6. The normalized spacial score (nSPS) is 18.8. The first-order chi connectivity index (χ1) is 18.7. The molecule has 3 unspecified atom stereocenters. The molecule has 1 aliphatic carbocycles. The molecule has 0 N–H and O–H groups in total. The van der Waals surface area contributed by atoms with Crippen LogP contribution in [0.5, 0.6) is 0 Å². The summed E-state index contributed by atoms with van der Waals surface area (Å²) in [5.74, 6) is 0.782. The van der Waals surface area contributed by atoms with Gasteiger partial charge in [-0.05, 0) is 96.3 Å². The molecule has 218 valence electrons. The van der Waals surface area contributed by atoms with E-state index in [0.29, 0.717) is 0 Å². The molecule has 1 aromatic heterocycles. The van der Waals surface area contributed by atoms with Crippen LogP contribution in [0.25, 0.3) is 5.70 Å². The SMILES string of the molecule is C=C(c1nn(CC)c2c1CCC2)N1CC(C)OC(C)C1.CC=O.CCCCC(CCC)c1cccc(C)c1C. The molecular formula is C34H55N3O2. The zero-order chi connectivity index (χ0) is 28.9. The van der Waals surface area contributed by atoms with Crippen LogP contribution < -0.4 is 0 Å². The van der Waals surface area contributed by atoms with Gasteiger partial charge in [-0.2, -0.15) is 5.10 Å². The number of fused-ring (bicyclic) bond motifs is 1. The Morgan fingerprint density at radius 3 is 2.36 bits per heavy atom. The van der Waals surface area contributed by atoms with Crippen molar-refractivity contribution in [1.29, 1.82) is 0 Å². The first-order valence-corrected chi connectivity index (χ1v) is 15.4. The molecule has 0 bridgehead atoms. The van der Waals surface area contributed by atoms with E-state index in [4.69, 9.17) is 14.6 Å². The van der Waals surface area contributed by atoms with Crippen molar-refractivity contribution >= 4 is 12.0 Å². The molecule has 0 amide bonds. The monoisotopic (exact) mass is 537 g/mol. The first-order valence-electron chi connectivity index (χ1n) is 15.4. The molecule has 4 rings (SSSR count). The largest absolute Gasteiger partial charge is 0.372 e. The lowest BCUT2D eigenvalue weighted by molar-refractivity contribution is -0.106. The molecule has 1 aromatic carbocycles. The summed E-state index contributed by atoms with van der Waals surface area (Å²) in [6.07, 6.45) is 11.5. The van der Waals surface area contributed by atoms with E-state index in [9.17, 15) is 0 Å². The molecular weight excluding hydrogens is 482 g/mol. The van der Waals surface area contributed by atoms with Gasteiger partial charge in [0.25, 0.3) is 0 Å². The third-order valence-electron chi connectivity index (χ3n) is 8.01. The molecule has 5 heteroatoms. The van der Waals surface area contributed by atoms with Crippen molar-refractivity contribution in [2.24, 2.45) is 0 Å². The summed E-state index contributed by atoms with van der Waals surface area (Å²) in [7, 11) is 0. The van der Waals surface area contributed by atoms with Crippen molar-refractivity contribution in [1.82, 2.24) is 14.7 Å². The Morgan fingerprint density at radius 2 is 1.77 bits per heavy atom. The van der Waals surface area contributed by atoms with Gasteiger partial charge in [0.1, 0.15) is 12.0 Å². The number of rotatable bonds is 9.